The minimum atomic E-state index is 0.273. The van der Waals surface area contributed by atoms with Gasteiger partial charge in [-0.15, -0.1) is 0 Å². The molecule has 0 aliphatic heterocycles. The third-order valence-corrected chi connectivity index (χ3v) is 4.52. The molecule has 0 spiro atoms. The van der Waals surface area contributed by atoms with Crippen molar-refractivity contribution < 1.29 is 0 Å². The molecule has 0 aliphatic carbocycles. The first-order chi connectivity index (χ1) is 10.1. The predicted molar refractivity (Wildman–Crippen MR) is 99.9 cm³/mol. The summed E-state index contributed by atoms with van der Waals surface area (Å²) in [7, 11) is 0. The maximum atomic E-state index is 3.64. The molecule has 1 atom stereocenters. The molecule has 21 heavy (non-hydrogen) atoms. The van der Waals surface area contributed by atoms with Gasteiger partial charge in [0, 0.05) is 15.3 Å². The van der Waals surface area contributed by atoms with Gasteiger partial charge in [0.2, 0.25) is 0 Å². The van der Waals surface area contributed by atoms with Crippen molar-refractivity contribution in [2.75, 3.05) is 5.32 Å². The number of hydrogen-bond acceptors (Lipinski definition) is 1. The van der Waals surface area contributed by atoms with Gasteiger partial charge in [0.15, 0.2) is 0 Å². The van der Waals surface area contributed by atoms with Crippen LogP contribution in [0.4, 0.5) is 5.69 Å². The molecular weight excluding hydrogens is 369 g/mol. The fourth-order valence-corrected chi connectivity index (χ4v) is 3.37. The third kappa shape index (κ3) is 3.05. The van der Waals surface area contributed by atoms with Crippen molar-refractivity contribution in [3.05, 3.63) is 75.4 Å². The quantitative estimate of drug-likeness (QED) is 0.550. The Morgan fingerprint density at radius 2 is 1.71 bits per heavy atom. The van der Waals surface area contributed by atoms with Crippen molar-refractivity contribution in [1.82, 2.24) is 0 Å². The maximum absolute atomic E-state index is 3.64. The monoisotopic (exact) mass is 387 g/mol. The molecule has 0 aromatic heterocycles. The number of halogens is 1. The molecule has 0 radical (unpaired) electrons. The Hall–Kier alpha value is -1.55. The number of hydrogen-bond donors (Lipinski definition) is 1. The van der Waals surface area contributed by atoms with Crippen molar-refractivity contribution in [2.45, 2.75) is 19.9 Å². The number of aryl methyl sites for hydroxylation is 1. The standard InChI is InChI=1S/C19H18IN/c1-13-12-16(20)10-11-19(13)21-14(2)17-9-5-7-15-6-3-4-8-18(15)17/h3-12,14,21H,1-2H3. The van der Waals surface area contributed by atoms with Crippen LogP contribution in [0.25, 0.3) is 10.8 Å². The predicted octanol–water partition coefficient (Wildman–Crippen LogP) is 5.93. The number of rotatable bonds is 3. The second kappa shape index (κ2) is 6.06. The summed E-state index contributed by atoms with van der Waals surface area (Å²) in [6.07, 6.45) is 0. The Bertz CT molecular complexity index is 774. The van der Waals surface area contributed by atoms with Gasteiger partial charge in [-0.2, -0.15) is 0 Å². The molecule has 0 saturated heterocycles. The van der Waals surface area contributed by atoms with Crippen LogP contribution in [-0.2, 0) is 0 Å². The van der Waals surface area contributed by atoms with Crippen molar-refractivity contribution in [3.63, 3.8) is 0 Å². The molecule has 0 heterocycles. The zero-order chi connectivity index (χ0) is 14.8. The Kier molecular flexibility index (Phi) is 4.15. The minimum absolute atomic E-state index is 0.273. The van der Waals surface area contributed by atoms with E-state index in [1.165, 1.54) is 31.2 Å². The summed E-state index contributed by atoms with van der Waals surface area (Å²) in [6.45, 7) is 4.37. The summed E-state index contributed by atoms with van der Waals surface area (Å²) in [5, 5.41) is 6.26. The number of benzene rings is 3. The Morgan fingerprint density at radius 1 is 0.952 bits per heavy atom. The first-order valence-corrected chi connectivity index (χ1v) is 8.23. The van der Waals surface area contributed by atoms with E-state index >= 15 is 0 Å². The molecule has 3 aromatic carbocycles. The molecule has 1 unspecified atom stereocenters. The Labute approximate surface area is 139 Å². The normalized spacial score (nSPS) is 12.3. The smallest absolute Gasteiger partial charge is 0.0491 e. The van der Waals surface area contributed by atoms with Crippen LogP contribution < -0.4 is 5.32 Å². The fraction of sp³-hybridized carbons (Fsp3) is 0.158. The lowest BCUT2D eigenvalue weighted by Gasteiger charge is -2.19. The van der Waals surface area contributed by atoms with E-state index in [0.717, 1.165) is 0 Å². The lowest BCUT2D eigenvalue weighted by molar-refractivity contribution is 0.892. The van der Waals surface area contributed by atoms with Crippen LogP contribution in [0.1, 0.15) is 24.1 Å². The molecule has 0 aliphatic rings. The summed E-state index contributed by atoms with van der Waals surface area (Å²) in [4.78, 5) is 0. The molecular formula is C19H18IN. The van der Waals surface area contributed by atoms with Gasteiger partial charge < -0.3 is 5.32 Å². The summed E-state index contributed by atoms with van der Waals surface area (Å²) in [5.41, 5.74) is 3.83. The SMILES string of the molecule is Cc1cc(I)ccc1NC(C)c1cccc2ccccc12. The van der Waals surface area contributed by atoms with Crippen LogP contribution in [-0.4, -0.2) is 0 Å². The van der Waals surface area contributed by atoms with E-state index in [4.69, 9.17) is 0 Å². The number of fused-ring (bicyclic) bond motifs is 1. The van der Waals surface area contributed by atoms with Crippen LogP contribution in [0.2, 0.25) is 0 Å². The summed E-state index contributed by atoms with van der Waals surface area (Å²) in [6, 6.07) is 21.9. The van der Waals surface area contributed by atoms with Gasteiger partial charge in [0.05, 0.1) is 0 Å². The summed E-state index contributed by atoms with van der Waals surface area (Å²) in [5.74, 6) is 0. The third-order valence-electron chi connectivity index (χ3n) is 3.85. The van der Waals surface area contributed by atoms with Gasteiger partial charge in [-0.25, -0.2) is 0 Å². The van der Waals surface area contributed by atoms with Crippen LogP contribution in [0.3, 0.4) is 0 Å². The van der Waals surface area contributed by atoms with Crippen molar-refractivity contribution in [3.8, 4) is 0 Å². The number of nitrogens with one attached hydrogen (secondary N) is 1. The molecule has 3 rings (SSSR count). The van der Waals surface area contributed by atoms with Crippen LogP contribution >= 0.6 is 22.6 Å². The topological polar surface area (TPSA) is 12.0 Å². The first kappa shape index (κ1) is 14.4. The average Bonchev–Trinajstić information content (AvgIpc) is 2.49. The van der Waals surface area contributed by atoms with E-state index in [1.54, 1.807) is 0 Å². The lowest BCUT2D eigenvalue weighted by Crippen LogP contribution is -2.08. The van der Waals surface area contributed by atoms with Crippen molar-refractivity contribution >= 4 is 39.1 Å². The fourth-order valence-electron chi connectivity index (χ4n) is 2.73. The second-order valence-electron chi connectivity index (χ2n) is 5.39. The molecule has 1 N–H and O–H groups in total. The summed E-state index contributed by atoms with van der Waals surface area (Å²) >= 11 is 2.35. The van der Waals surface area contributed by atoms with Crippen LogP contribution in [0.15, 0.2) is 60.7 Å². The summed E-state index contributed by atoms with van der Waals surface area (Å²) < 4.78 is 1.27. The van der Waals surface area contributed by atoms with E-state index in [9.17, 15) is 0 Å². The maximum Gasteiger partial charge on any atom is 0.0491 e. The van der Waals surface area contributed by atoms with Gasteiger partial charge in [-0.3, -0.25) is 0 Å². The molecule has 3 aromatic rings. The second-order valence-corrected chi connectivity index (χ2v) is 6.64. The largest absolute Gasteiger partial charge is 0.378 e. The molecule has 0 saturated carbocycles. The van der Waals surface area contributed by atoms with E-state index in [1.807, 2.05) is 0 Å². The van der Waals surface area contributed by atoms with Crippen molar-refractivity contribution in [2.24, 2.45) is 0 Å². The highest BCUT2D eigenvalue weighted by molar-refractivity contribution is 14.1. The van der Waals surface area contributed by atoms with Gasteiger partial charge >= 0.3 is 0 Å². The van der Waals surface area contributed by atoms with Gasteiger partial charge in [-0.1, -0.05) is 42.5 Å². The molecule has 2 heteroatoms. The van der Waals surface area contributed by atoms with E-state index in [-0.39, 0.29) is 6.04 Å². The molecule has 0 fully saturated rings. The molecule has 0 bridgehead atoms. The van der Waals surface area contributed by atoms with Crippen LogP contribution in [0.5, 0.6) is 0 Å². The number of anilines is 1. The highest BCUT2D eigenvalue weighted by atomic mass is 127. The first-order valence-electron chi connectivity index (χ1n) is 7.15. The van der Waals surface area contributed by atoms with Crippen molar-refractivity contribution in [1.29, 1.82) is 0 Å². The van der Waals surface area contributed by atoms with E-state index in [0.29, 0.717) is 0 Å². The lowest BCUT2D eigenvalue weighted by atomic mass is 9.99. The van der Waals surface area contributed by atoms with E-state index in [2.05, 4.69) is 102 Å². The van der Waals surface area contributed by atoms with Gasteiger partial charge in [-0.05, 0) is 76.5 Å². The zero-order valence-electron chi connectivity index (χ0n) is 12.2. The minimum Gasteiger partial charge on any atom is -0.378 e. The Balaban J connectivity index is 1.95. The average molecular weight is 387 g/mol. The highest BCUT2D eigenvalue weighted by Gasteiger charge is 2.10. The molecule has 106 valence electrons. The zero-order valence-corrected chi connectivity index (χ0v) is 14.4. The van der Waals surface area contributed by atoms with E-state index < -0.39 is 0 Å². The molecule has 1 nitrogen and oxygen atoms in total. The van der Waals surface area contributed by atoms with Gasteiger partial charge in [0.25, 0.3) is 0 Å². The van der Waals surface area contributed by atoms with Gasteiger partial charge in [0.1, 0.15) is 0 Å². The highest BCUT2D eigenvalue weighted by Crippen LogP contribution is 2.28. The Morgan fingerprint density at radius 3 is 2.52 bits per heavy atom. The van der Waals surface area contributed by atoms with Crippen LogP contribution in [0, 0.1) is 10.5 Å². The molecule has 0 amide bonds.